The Balaban J connectivity index is 1.73. The highest BCUT2D eigenvalue weighted by Gasteiger charge is 2.34. The van der Waals surface area contributed by atoms with E-state index in [1.54, 1.807) is 20.3 Å². The lowest BCUT2D eigenvalue weighted by atomic mass is 10.1. The van der Waals surface area contributed by atoms with Gasteiger partial charge in [0.25, 0.3) is 0 Å². The van der Waals surface area contributed by atoms with Crippen molar-refractivity contribution in [1.29, 1.82) is 0 Å². The molecular formula is C19H26N4O5. The standard InChI is InChI=1S/C19H26N4O5/c1-27-14-4-3-13(16(9-14)28-2)11-22-7-6-21-19(26)15(22)10-18(25)23-8-5-20-17(24)12-23/h3-4,9,15H,5-8,10-12H2,1-2H3,(H,20,24)(H,21,26)/t15-/m0/s1. The summed E-state index contributed by atoms with van der Waals surface area (Å²) in [6.07, 6.45) is 0.0393. The average Bonchev–Trinajstić information content (AvgIpc) is 2.70. The van der Waals surface area contributed by atoms with E-state index >= 15 is 0 Å². The number of carbonyl (C=O) groups is 3. The van der Waals surface area contributed by atoms with Gasteiger partial charge in [-0.1, -0.05) is 6.07 Å². The second kappa shape index (κ2) is 8.92. The Morgan fingerprint density at radius 3 is 2.64 bits per heavy atom. The van der Waals surface area contributed by atoms with E-state index in [0.29, 0.717) is 44.2 Å². The summed E-state index contributed by atoms with van der Waals surface area (Å²) >= 11 is 0. The van der Waals surface area contributed by atoms with E-state index in [1.165, 1.54) is 4.90 Å². The monoisotopic (exact) mass is 390 g/mol. The minimum Gasteiger partial charge on any atom is -0.497 e. The highest BCUT2D eigenvalue weighted by Crippen LogP contribution is 2.27. The fraction of sp³-hybridized carbons (Fsp3) is 0.526. The number of piperazine rings is 2. The molecule has 0 spiro atoms. The summed E-state index contributed by atoms with van der Waals surface area (Å²) in [5.74, 6) is 0.819. The number of amides is 3. The predicted octanol–water partition coefficient (Wildman–Crippen LogP) is -0.647. The topological polar surface area (TPSA) is 100 Å². The van der Waals surface area contributed by atoms with Gasteiger partial charge in [0.1, 0.15) is 11.5 Å². The summed E-state index contributed by atoms with van der Waals surface area (Å²) < 4.78 is 10.7. The van der Waals surface area contributed by atoms with Gasteiger partial charge >= 0.3 is 0 Å². The molecule has 1 aromatic carbocycles. The van der Waals surface area contributed by atoms with Crippen LogP contribution in [-0.2, 0) is 20.9 Å². The van der Waals surface area contributed by atoms with Gasteiger partial charge in [0.15, 0.2) is 0 Å². The summed E-state index contributed by atoms with van der Waals surface area (Å²) in [7, 11) is 3.18. The quantitative estimate of drug-likeness (QED) is 0.670. The maximum atomic E-state index is 12.7. The number of methoxy groups -OCH3 is 2. The molecule has 28 heavy (non-hydrogen) atoms. The highest BCUT2D eigenvalue weighted by atomic mass is 16.5. The maximum absolute atomic E-state index is 12.7. The Kier molecular flexibility index (Phi) is 6.35. The van der Waals surface area contributed by atoms with Crippen LogP contribution in [0.15, 0.2) is 18.2 Å². The summed E-state index contributed by atoms with van der Waals surface area (Å²) in [5, 5.41) is 5.53. The van der Waals surface area contributed by atoms with Crippen LogP contribution in [0.25, 0.3) is 0 Å². The van der Waals surface area contributed by atoms with E-state index in [1.807, 2.05) is 17.0 Å². The molecule has 2 fully saturated rings. The number of hydrogen-bond donors (Lipinski definition) is 2. The zero-order chi connectivity index (χ0) is 20.1. The molecule has 3 rings (SSSR count). The van der Waals surface area contributed by atoms with E-state index in [4.69, 9.17) is 9.47 Å². The van der Waals surface area contributed by atoms with Crippen LogP contribution < -0.4 is 20.1 Å². The van der Waals surface area contributed by atoms with Crippen molar-refractivity contribution in [3.05, 3.63) is 23.8 Å². The van der Waals surface area contributed by atoms with Crippen molar-refractivity contribution >= 4 is 17.7 Å². The fourth-order valence-electron chi connectivity index (χ4n) is 3.52. The van der Waals surface area contributed by atoms with Crippen molar-refractivity contribution in [2.45, 2.75) is 19.0 Å². The van der Waals surface area contributed by atoms with Crippen molar-refractivity contribution in [1.82, 2.24) is 20.4 Å². The highest BCUT2D eigenvalue weighted by molar-refractivity contribution is 5.91. The number of hydrogen-bond acceptors (Lipinski definition) is 6. The van der Waals surface area contributed by atoms with E-state index in [2.05, 4.69) is 10.6 Å². The summed E-state index contributed by atoms with van der Waals surface area (Å²) in [4.78, 5) is 40.2. The van der Waals surface area contributed by atoms with Gasteiger partial charge in [-0.3, -0.25) is 19.3 Å². The van der Waals surface area contributed by atoms with Gasteiger partial charge in [0.2, 0.25) is 17.7 Å². The first kappa shape index (κ1) is 19.9. The molecule has 152 valence electrons. The minimum atomic E-state index is -0.585. The number of nitrogens with zero attached hydrogens (tertiary/aromatic N) is 2. The first-order valence-electron chi connectivity index (χ1n) is 9.29. The van der Waals surface area contributed by atoms with E-state index < -0.39 is 6.04 Å². The summed E-state index contributed by atoms with van der Waals surface area (Å²) in [5.41, 5.74) is 0.910. The van der Waals surface area contributed by atoms with Crippen LogP contribution >= 0.6 is 0 Å². The van der Waals surface area contributed by atoms with Crippen molar-refractivity contribution in [3.8, 4) is 11.5 Å². The van der Waals surface area contributed by atoms with Crippen molar-refractivity contribution < 1.29 is 23.9 Å². The number of benzene rings is 1. The van der Waals surface area contributed by atoms with Crippen LogP contribution in [0.4, 0.5) is 0 Å². The largest absolute Gasteiger partial charge is 0.497 e. The third-order valence-electron chi connectivity index (χ3n) is 5.07. The first-order valence-corrected chi connectivity index (χ1v) is 9.29. The molecule has 3 amide bonds. The van der Waals surface area contributed by atoms with Gasteiger partial charge in [-0.2, -0.15) is 0 Å². The number of nitrogens with one attached hydrogen (secondary N) is 2. The molecule has 2 aliphatic rings. The lowest BCUT2D eigenvalue weighted by Crippen LogP contribution is -2.57. The van der Waals surface area contributed by atoms with Crippen LogP contribution in [0, 0.1) is 0 Å². The molecule has 0 bridgehead atoms. The average molecular weight is 390 g/mol. The van der Waals surface area contributed by atoms with Gasteiger partial charge in [-0.15, -0.1) is 0 Å². The molecule has 2 N–H and O–H groups in total. The van der Waals surface area contributed by atoms with Gasteiger partial charge in [-0.05, 0) is 6.07 Å². The smallest absolute Gasteiger partial charge is 0.239 e. The van der Waals surface area contributed by atoms with Gasteiger partial charge in [-0.25, -0.2) is 0 Å². The van der Waals surface area contributed by atoms with Gasteiger partial charge in [0, 0.05) is 44.4 Å². The number of carbonyl (C=O) groups excluding carboxylic acids is 3. The molecule has 1 atom stereocenters. The zero-order valence-electron chi connectivity index (χ0n) is 16.2. The van der Waals surface area contributed by atoms with E-state index in [0.717, 1.165) is 5.56 Å². The Morgan fingerprint density at radius 1 is 1.14 bits per heavy atom. The van der Waals surface area contributed by atoms with Crippen LogP contribution in [-0.4, -0.2) is 80.5 Å². The van der Waals surface area contributed by atoms with E-state index in [-0.39, 0.29) is 30.7 Å². The maximum Gasteiger partial charge on any atom is 0.239 e. The third kappa shape index (κ3) is 4.53. The Hall–Kier alpha value is -2.81. The Morgan fingerprint density at radius 2 is 1.93 bits per heavy atom. The molecule has 9 nitrogen and oxygen atoms in total. The van der Waals surface area contributed by atoms with Crippen molar-refractivity contribution in [3.63, 3.8) is 0 Å². The zero-order valence-corrected chi connectivity index (χ0v) is 16.2. The van der Waals surface area contributed by atoms with Crippen LogP contribution in [0.2, 0.25) is 0 Å². The molecule has 2 heterocycles. The van der Waals surface area contributed by atoms with Crippen molar-refractivity contribution in [2.24, 2.45) is 0 Å². The first-order chi connectivity index (χ1) is 13.5. The molecule has 1 aromatic rings. The summed E-state index contributed by atoms with van der Waals surface area (Å²) in [6.45, 7) is 2.56. The SMILES string of the molecule is COc1ccc(CN2CCNC(=O)[C@@H]2CC(=O)N2CCNC(=O)C2)c(OC)c1. The molecule has 2 saturated heterocycles. The Bertz CT molecular complexity index is 754. The second-order valence-corrected chi connectivity index (χ2v) is 6.82. The fourth-order valence-corrected chi connectivity index (χ4v) is 3.52. The van der Waals surface area contributed by atoms with Gasteiger partial charge < -0.3 is 25.0 Å². The predicted molar refractivity (Wildman–Crippen MR) is 101 cm³/mol. The van der Waals surface area contributed by atoms with Crippen LogP contribution in [0.1, 0.15) is 12.0 Å². The van der Waals surface area contributed by atoms with Crippen molar-refractivity contribution in [2.75, 3.05) is 46.9 Å². The summed E-state index contributed by atoms with van der Waals surface area (Å²) in [6, 6.07) is 4.95. The second-order valence-electron chi connectivity index (χ2n) is 6.82. The molecular weight excluding hydrogens is 364 g/mol. The van der Waals surface area contributed by atoms with E-state index in [9.17, 15) is 14.4 Å². The lowest BCUT2D eigenvalue weighted by Gasteiger charge is -2.36. The molecule has 0 aromatic heterocycles. The third-order valence-corrected chi connectivity index (χ3v) is 5.07. The molecule has 9 heteroatoms. The number of rotatable bonds is 6. The molecule has 0 aliphatic carbocycles. The number of ether oxygens (including phenoxy) is 2. The van der Waals surface area contributed by atoms with Gasteiger partial charge in [0.05, 0.1) is 33.2 Å². The normalized spacial score (nSPS) is 20.4. The Labute approximate surface area is 163 Å². The molecule has 2 aliphatic heterocycles. The van der Waals surface area contributed by atoms with Crippen LogP contribution in [0.3, 0.4) is 0 Å². The van der Waals surface area contributed by atoms with Crippen LogP contribution in [0.5, 0.6) is 11.5 Å². The molecule has 0 radical (unpaired) electrons. The minimum absolute atomic E-state index is 0.0393. The molecule has 0 unspecified atom stereocenters. The lowest BCUT2D eigenvalue weighted by molar-refractivity contribution is -0.142. The molecule has 0 saturated carbocycles.